The summed E-state index contributed by atoms with van der Waals surface area (Å²) in [7, 11) is 0. The fourth-order valence-electron chi connectivity index (χ4n) is 4.31. The number of nitrogens with zero attached hydrogens (tertiary/aromatic N) is 2. The average Bonchev–Trinajstić information content (AvgIpc) is 3.29. The molecule has 6 heteroatoms. The number of hydrogen-bond acceptors (Lipinski definition) is 6. The van der Waals surface area contributed by atoms with Crippen LogP contribution in [0.5, 0.6) is 0 Å². The first kappa shape index (κ1) is 15.4. The summed E-state index contributed by atoms with van der Waals surface area (Å²) in [5.41, 5.74) is 0.777. The molecule has 0 aliphatic heterocycles. The Morgan fingerprint density at radius 2 is 2.12 bits per heavy atom. The van der Waals surface area contributed by atoms with Crippen LogP contribution in [0.3, 0.4) is 0 Å². The second-order valence-corrected chi connectivity index (χ2v) is 7.13. The zero-order valence-electron chi connectivity index (χ0n) is 14.1. The highest BCUT2D eigenvalue weighted by atomic mass is 16.5. The van der Waals surface area contributed by atoms with Crippen LogP contribution in [-0.4, -0.2) is 16.2 Å². The fraction of sp³-hybridized carbons (Fsp3) is 0.611. The Labute approximate surface area is 140 Å². The highest BCUT2D eigenvalue weighted by molar-refractivity contribution is 5.69. The van der Waals surface area contributed by atoms with Crippen molar-refractivity contribution in [3.63, 3.8) is 0 Å². The Kier molecular flexibility index (Phi) is 3.90. The first-order chi connectivity index (χ1) is 11.6. The van der Waals surface area contributed by atoms with Gasteiger partial charge in [0.1, 0.15) is 11.5 Å². The Morgan fingerprint density at radius 1 is 1.25 bits per heavy atom. The van der Waals surface area contributed by atoms with E-state index in [2.05, 4.69) is 10.2 Å². The number of fused-ring (bicyclic) bond motifs is 2. The Hall–Kier alpha value is -2.11. The predicted molar refractivity (Wildman–Crippen MR) is 84.8 cm³/mol. The van der Waals surface area contributed by atoms with Gasteiger partial charge in [0.25, 0.3) is 11.8 Å². The molecule has 3 atom stereocenters. The lowest BCUT2D eigenvalue weighted by atomic mass is 9.86. The zero-order chi connectivity index (χ0) is 16.7. The standard InChI is InChI=1S/C18H22N2O4/c1-10-5-15(11(2)23-10)18-20-19-16(24-18)9-22-17(21)8-14-7-12-3-4-13(14)6-12/h5,12-14H,3-4,6-9H2,1-2H3/t12-,13+,14+/m0/s1. The molecular weight excluding hydrogens is 308 g/mol. The van der Waals surface area contributed by atoms with E-state index < -0.39 is 0 Å². The number of carbonyl (C=O) groups is 1. The summed E-state index contributed by atoms with van der Waals surface area (Å²) in [6, 6.07) is 1.85. The van der Waals surface area contributed by atoms with Crippen molar-refractivity contribution in [1.29, 1.82) is 0 Å². The first-order valence-electron chi connectivity index (χ1n) is 8.64. The number of carbonyl (C=O) groups excluding carboxylic acids is 1. The van der Waals surface area contributed by atoms with Crippen molar-refractivity contribution in [3.05, 3.63) is 23.5 Å². The van der Waals surface area contributed by atoms with Gasteiger partial charge in [0, 0.05) is 6.42 Å². The summed E-state index contributed by atoms with van der Waals surface area (Å²) < 4.78 is 16.4. The Morgan fingerprint density at radius 3 is 2.79 bits per heavy atom. The fourth-order valence-corrected chi connectivity index (χ4v) is 4.31. The number of hydrogen-bond donors (Lipinski definition) is 0. The summed E-state index contributed by atoms with van der Waals surface area (Å²) in [5.74, 6) is 4.13. The monoisotopic (exact) mass is 330 g/mol. The van der Waals surface area contributed by atoms with E-state index in [4.69, 9.17) is 13.6 Å². The lowest BCUT2D eigenvalue weighted by molar-refractivity contribution is -0.147. The number of furan rings is 1. The van der Waals surface area contributed by atoms with Crippen LogP contribution in [0.4, 0.5) is 0 Å². The van der Waals surface area contributed by atoms with E-state index in [0.29, 0.717) is 24.1 Å². The van der Waals surface area contributed by atoms with Crippen molar-refractivity contribution in [1.82, 2.24) is 10.2 Å². The van der Waals surface area contributed by atoms with Crippen molar-refractivity contribution < 1.29 is 18.4 Å². The van der Waals surface area contributed by atoms with Gasteiger partial charge in [-0.25, -0.2) is 0 Å². The Bertz CT molecular complexity index is 748. The van der Waals surface area contributed by atoms with Crippen LogP contribution in [-0.2, 0) is 16.1 Å². The van der Waals surface area contributed by atoms with E-state index in [1.165, 1.54) is 25.7 Å². The number of aromatic nitrogens is 2. The lowest BCUT2D eigenvalue weighted by Gasteiger charge is -2.20. The number of rotatable bonds is 5. The molecule has 2 aliphatic rings. The van der Waals surface area contributed by atoms with E-state index in [9.17, 15) is 4.79 Å². The van der Waals surface area contributed by atoms with E-state index in [-0.39, 0.29) is 12.6 Å². The molecular formula is C18H22N2O4. The molecule has 0 aromatic carbocycles. The number of esters is 1. The zero-order valence-corrected chi connectivity index (χ0v) is 14.1. The van der Waals surface area contributed by atoms with Gasteiger partial charge in [0.2, 0.25) is 0 Å². The largest absolute Gasteiger partial charge is 0.466 e. The molecule has 2 fully saturated rings. The van der Waals surface area contributed by atoms with Crippen LogP contribution in [0.1, 0.15) is 49.5 Å². The highest BCUT2D eigenvalue weighted by Crippen LogP contribution is 2.49. The van der Waals surface area contributed by atoms with Crippen LogP contribution in [0.15, 0.2) is 14.9 Å². The number of ether oxygens (including phenoxy) is 1. The molecule has 2 heterocycles. The minimum absolute atomic E-state index is 0.0303. The van der Waals surface area contributed by atoms with Crippen LogP contribution in [0.25, 0.3) is 11.5 Å². The van der Waals surface area contributed by atoms with Crippen molar-refractivity contribution in [2.45, 2.75) is 52.6 Å². The van der Waals surface area contributed by atoms with Crippen LogP contribution in [0.2, 0.25) is 0 Å². The van der Waals surface area contributed by atoms with Gasteiger partial charge in [-0.05, 0) is 56.9 Å². The van der Waals surface area contributed by atoms with Crippen LogP contribution < -0.4 is 0 Å². The normalized spacial score (nSPS) is 25.3. The van der Waals surface area contributed by atoms with Crippen LogP contribution in [0, 0.1) is 31.6 Å². The van der Waals surface area contributed by atoms with Gasteiger partial charge in [-0.3, -0.25) is 4.79 Å². The molecule has 0 amide bonds. The summed E-state index contributed by atoms with van der Waals surface area (Å²) in [6.45, 7) is 3.75. The highest BCUT2D eigenvalue weighted by Gasteiger charge is 2.40. The second kappa shape index (κ2) is 6.07. The molecule has 128 valence electrons. The maximum Gasteiger partial charge on any atom is 0.306 e. The second-order valence-electron chi connectivity index (χ2n) is 7.13. The maximum absolute atomic E-state index is 12.1. The smallest absolute Gasteiger partial charge is 0.306 e. The predicted octanol–water partition coefficient (Wildman–Crippen LogP) is 3.82. The van der Waals surface area contributed by atoms with E-state index in [1.807, 2.05) is 19.9 Å². The molecule has 4 rings (SSSR count). The quantitative estimate of drug-likeness (QED) is 0.776. The molecule has 6 nitrogen and oxygen atoms in total. The van der Waals surface area contributed by atoms with Crippen molar-refractivity contribution in [2.24, 2.45) is 17.8 Å². The molecule has 2 aliphatic carbocycles. The van der Waals surface area contributed by atoms with Crippen molar-refractivity contribution in [3.8, 4) is 11.5 Å². The molecule has 0 spiro atoms. The summed E-state index contributed by atoms with van der Waals surface area (Å²) in [4.78, 5) is 12.1. The maximum atomic E-state index is 12.1. The van der Waals surface area contributed by atoms with Crippen molar-refractivity contribution in [2.75, 3.05) is 0 Å². The topological polar surface area (TPSA) is 78.4 Å². The average molecular weight is 330 g/mol. The van der Waals surface area contributed by atoms with Gasteiger partial charge < -0.3 is 13.6 Å². The molecule has 0 unspecified atom stereocenters. The summed E-state index contributed by atoms with van der Waals surface area (Å²) in [5, 5.41) is 7.95. The molecule has 2 aromatic heterocycles. The van der Waals surface area contributed by atoms with E-state index >= 15 is 0 Å². The first-order valence-corrected chi connectivity index (χ1v) is 8.64. The lowest BCUT2D eigenvalue weighted by Crippen LogP contribution is -2.17. The molecule has 2 aromatic rings. The van der Waals surface area contributed by atoms with Crippen molar-refractivity contribution >= 4 is 5.97 Å². The van der Waals surface area contributed by atoms with Gasteiger partial charge in [0.15, 0.2) is 6.61 Å². The third-order valence-electron chi connectivity index (χ3n) is 5.41. The summed E-state index contributed by atoms with van der Waals surface area (Å²) in [6.07, 6.45) is 5.62. The van der Waals surface area contributed by atoms with Gasteiger partial charge in [-0.15, -0.1) is 10.2 Å². The third-order valence-corrected chi connectivity index (χ3v) is 5.41. The SMILES string of the molecule is Cc1cc(-c2nnc(COC(=O)C[C@H]3C[C@H]4CC[C@@H]3C4)o2)c(C)o1. The van der Waals surface area contributed by atoms with E-state index in [1.54, 1.807) is 0 Å². The van der Waals surface area contributed by atoms with Gasteiger partial charge >= 0.3 is 5.97 Å². The van der Waals surface area contributed by atoms with Crippen LogP contribution >= 0.6 is 0 Å². The molecule has 0 saturated heterocycles. The molecule has 2 bridgehead atoms. The minimum Gasteiger partial charge on any atom is -0.466 e. The summed E-state index contributed by atoms with van der Waals surface area (Å²) >= 11 is 0. The van der Waals surface area contributed by atoms with Gasteiger partial charge in [-0.1, -0.05) is 6.42 Å². The molecule has 2 saturated carbocycles. The minimum atomic E-state index is -0.164. The number of aryl methyl sites for hydroxylation is 2. The van der Waals surface area contributed by atoms with E-state index in [0.717, 1.165) is 28.9 Å². The molecule has 24 heavy (non-hydrogen) atoms. The third kappa shape index (κ3) is 2.97. The Balaban J connectivity index is 1.31. The molecule has 0 N–H and O–H groups in total. The van der Waals surface area contributed by atoms with Gasteiger partial charge in [0.05, 0.1) is 5.56 Å². The molecule has 0 radical (unpaired) electrons. The van der Waals surface area contributed by atoms with Gasteiger partial charge in [-0.2, -0.15) is 0 Å².